The van der Waals surface area contributed by atoms with Gasteiger partial charge in [-0.15, -0.1) is 6.58 Å². The molecule has 0 amide bonds. The Labute approximate surface area is 70.1 Å². The van der Waals surface area contributed by atoms with Gasteiger partial charge in [-0.2, -0.15) is 0 Å². The summed E-state index contributed by atoms with van der Waals surface area (Å²) in [5.74, 6) is 0. The molecule has 0 bridgehead atoms. The lowest BCUT2D eigenvalue weighted by atomic mass is 10.1. The molecule has 0 radical (unpaired) electrons. The van der Waals surface area contributed by atoms with Crippen LogP contribution in [0.3, 0.4) is 0 Å². The van der Waals surface area contributed by atoms with Gasteiger partial charge in [-0.05, 0) is 20.4 Å². The molecule has 0 spiro atoms. The zero-order valence-electron chi connectivity index (χ0n) is 7.93. The molecule has 0 saturated heterocycles. The van der Waals surface area contributed by atoms with E-state index >= 15 is 0 Å². The monoisotopic (exact) mass is 156 g/mol. The first-order valence-electron chi connectivity index (χ1n) is 4.11. The van der Waals surface area contributed by atoms with Gasteiger partial charge in [0, 0.05) is 18.6 Å². The molecule has 2 nitrogen and oxygen atoms in total. The van der Waals surface area contributed by atoms with Crippen LogP contribution in [0.5, 0.6) is 0 Å². The minimum Gasteiger partial charge on any atom is -0.324 e. The molecule has 0 aliphatic heterocycles. The summed E-state index contributed by atoms with van der Waals surface area (Å²) in [6.45, 7) is 12.8. The molecule has 66 valence electrons. The fourth-order valence-corrected chi connectivity index (χ4v) is 1.06. The van der Waals surface area contributed by atoms with Crippen molar-refractivity contribution in [2.24, 2.45) is 5.73 Å². The van der Waals surface area contributed by atoms with Crippen LogP contribution in [0.4, 0.5) is 0 Å². The third-order valence-electron chi connectivity index (χ3n) is 1.47. The second kappa shape index (κ2) is 4.52. The summed E-state index contributed by atoms with van der Waals surface area (Å²) >= 11 is 0. The van der Waals surface area contributed by atoms with Gasteiger partial charge in [0.15, 0.2) is 0 Å². The van der Waals surface area contributed by atoms with Crippen LogP contribution >= 0.6 is 0 Å². The van der Waals surface area contributed by atoms with Gasteiger partial charge in [0.05, 0.1) is 0 Å². The third kappa shape index (κ3) is 6.07. The summed E-state index contributed by atoms with van der Waals surface area (Å²) < 4.78 is 0. The Kier molecular flexibility index (Phi) is 4.38. The van der Waals surface area contributed by atoms with E-state index in [0.717, 1.165) is 19.6 Å². The van der Waals surface area contributed by atoms with E-state index in [2.05, 4.69) is 18.4 Å². The van der Waals surface area contributed by atoms with Crippen LogP contribution in [0.1, 0.15) is 20.8 Å². The van der Waals surface area contributed by atoms with E-state index in [1.807, 2.05) is 19.9 Å². The summed E-state index contributed by atoms with van der Waals surface area (Å²) in [4.78, 5) is 2.27. The second-order valence-electron chi connectivity index (χ2n) is 3.60. The standard InChI is InChI=1S/C9H20N2/c1-5-7-11(6-2)8-9(3,4)10/h5H,1,6-8,10H2,2-4H3. The molecule has 2 N–H and O–H groups in total. The fraction of sp³-hybridized carbons (Fsp3) is 0.778. The van der Waals surface area contributed by atoms with Crippen LogP contribution in [-0.4, -0.2) is 30.1 Å². The van der Waals surface area contributed by atoms with Gasteiger partial charge in [-0.25, -0.2) is 0 Å². The molecule has 0 aromatic heterocycles. The van der Waals surface area contributed by atoms with Crippen molar-refractivity contribution in [1.82, 2.24) is 4.90 Å². The van der Waals surface area contributed by atoms with Crippen LogP contribution in [0.15, 0.2) is 12.7 Å². The maximum Gasteiger partial charge on any atom is 0.0226 e. The van der Waals surface area contributed by atoms with E-state index in [-0.39, 0.29) is 5.54 Å². The van der Waals surface area contributed by atoms with Gasteiger partial charge in [0.25, 0.3) is 0 Å². The van der Waals surface area contributed by atoms with Crippen molar-refractivity contribution in [3.05, 3.63) is 12.7 Å². The van der Waals surface area contributed by atoms with E-state index < -0.39 is 0 Å². The largest absolute Gasteiger partial charge is 0.324 e. The number of hydrogen-bond donors (Lipinski definition) is 1. The average Bonchev–Trinajstić information content (AvgIpc) is 1.84. The molecule has 2 heteroatoms. The van der Waals surface area contributed by atoms with Crippen LogP contribution in [0, 0.1) is 0 Å². The van der Waals surface area contributed by atoms with Gasteiger partial charge in [-0.3, -0.25) is 4.90 Å². The van der Waals surface area contributed by atoms with Gasteiger partial charge >= 0.3 is 0 Å². The molecule has 0 aromatic carbocycles. The molecule has 0 heterocycles. The fourth-order valence-electron chi connectivity index (χ4n) is 1.06. The van der Waals surface area contributed by atoms with Gasteiger partial charge in [0.1, 0.15) is 0 Å². The first-order valence-corrected chi connectivity index (χ1v) is 4.11. The minimum atomic E-state index is -0.0982. The number of hydrogen-bond acceptors (Lipinski definition) is 2. The van der Waals surface area contributed by atoms with Crippen LogP contribution in [0.25, 0.3) is 0 Å². The van der Waals surface area contributed by atoms with Gasteiger partial charge < -0.3 is 5.73 Å². The quantitative estimate of drug-likeness (QED) is 0.607. The predicted octanol–water partition coefficient (Wildman–Crippen LogP) is 1.23. The molecule has 0 aliphatic rings. The predicted molar refractivity (Wildman–Crippen MR) is 50.6 cm³/mol. The first kappa shape index (κ1) is 10.7. The summed E-state index contributed by atoms with van der Waals surface area (Å²) in [6.07, 6.45) is 1.91. The number of nitrogens with two attached hydrogens (primary N) is 1. The molecule has 0 rings (SSSR count). The molecule has 0 aromatic rings. The van der Waals surface area contributed by atoms with Gasteiger partial charge in [-0.1, -0.05) is 13.0 Å². The maximum absolute atomic E-state index is 5.87. The third-order valence-corrected chi connectivity index (χ3v) is 1.47. The molecule has 0 atom stereocenters. The molecule has 0 saturated carbocycles. The molecule has 0 fully saturated rings. The van der Waals surface area contributed by atoms with Crippen molar-refractivity contribution in [2.45, 2.75) is 26.3 Å². The SMILES string of the molecule is C=CCN(CC)CC(C)(C)N. The number of likely N-dealkylation sites (N-methyl/N-ethyl adjacent to an activating group) is 1. The Morgan fingerprint density at radius 3 is 2.36 bits per heavy atom. The highest BCUT2D eigenvalue weighted by Crippen LogP contribution is 2.00. The Bertz CT molecular complexity index is 113. The molecule has 11 heavy (non-hydrogen) atoms. The van der Waals surface area contributed by atoms with Crippen molar-refractivity contribution < 1.29 is 0 Å². The zero-order chi connectivity index (χ0) is 8.91. The Hall–Kier alpha value is -0.340. The van der Waals surface area contributed by atoms with E-state index in [4.69, 9.17) is 5.73 Å². The van der Waals surface area contributed by atoms with Crippen LogP contribution < -0.4 is 5.73 Å². The van der Waals surface area contributed by atoms with E-state index in [1.165, 1.54) is 0 Å². The highest BCUT2D eigenvalue weighted by Gasteiger charge is 2.13. The maximum atomic E-state index is 5.87. The molecular formula is C9H20N2. The summed E-state index contributed by atoms with van der Waals surface area (Å²) in [5.41, 5.74) is 5.77. The Balaban J connectivity index is 3.77. The van der Waals surface area contributed by atoms with Crippen molar-refractivity contribution in [2.75, 3.05) is 19.6 Å². The summed E-state index contributed by atoms with van der Waals surface area (Å²) in [6, 6.07) is 0. The smallest absolute Gasteiger partial charge is 0.0226 e. The highest BCUT2D eigenvalue weighted by molar-refractivity contribution is 4.80. The second-order valence-corrected chi connectivity index (χ2v) is 3.60. The number of nitrogens with zero attached hydrogens (tertiary/aromatic N) is 1. The Morgan fingerprint density at radius 2 is 2.09 bits per heavy atom. The topological polar surface area (TPSA) is 29.3 Å². The molecule has 0 aliphatic carbocycles. The lowest BCUT2D eigenvalue weighted by molar-refractivity contribution is 0.258. The summed E-state index contributed by atoms with van der Waals surface area (Å²) in [7, 11) is 0. The lowest BCUT2D eigenvalue weighted by Gasteiger charge is -2.27. The average molecular weight is 156 g/mol. The Morgan fingerprint density at radius 1 is 1.55 bits per heavy atom. The zero-order valence-corrected chi connectivity index (χ0v) is 7.93. The van der Waals surface area contributed by atoms with Crippen molar-refractivity contribution in [1.29, 1.82) is 0 Å². The first-order chi connectivity index (χ1) is 4.99. The van der Waals surface area contributed by atoms with E-state index in [1.54, 1.807) is 0 Å². The van der Waals surface area contributed by atoms with Crippen molar-refractivity contribution in [3.8, 4) is 0 Å². The van der Waals surface area contributed by atoms with Crippen molar-refractivity contribution in [3.63, 3.8) is 0 Å². The van der Waals surface area contributed by atoms with E-state index in [9.17, 15) is 0 Å². The lowest BCUT2D eigenvalue weighted by Crippen LogP contribution is -2.45. The van der Waals surface area contributed by atoms with Crippen LogP contribution in [0.2, 0.25) is 0 Å². The van der Waals surface area contributed by atoms with Crippen LogP contribution in [-0.2, 0) is 0 Å². The molecular weight excluding hydrogens is 136 g/mol. The normalized spacial score (nSPS) is 12.1. The highest BCUT2D eigenvalue weighted by atomic mass is 15.1. The van der Waals surface area contributed by atoms with Crippen molar-refractivity contribution >= 4 is 0 Å². The number of rotatable bonds is 5. The molecule has 0 unspecified atom stereocenters. The minimum absolute atomic E-state index is 0.0982. The summed E-state index contributed by atoms with van der Waals surface area (Å²) in [5, 5.41) is 0. The van der Waals surface area contributed by atoms with Gasteiger partial charge in [0.2, 0.25) is 0 Å². The van der Waals surface area contributed by atoms with E-state index in [0.29, 0.717) is 0 Å².